The lowest BCUT2D eigenvalue weighted by atomic mass is 9.77. The fraction of sp³-hybridized carbons (Fsp3) is 0.267. The minimum Gasteiger partial charge on any atom is -0.379 e. The van der Waals surface area contributed by atoms with Crippen molar-refractivity contribution in [3.63, 3.8) is 0 Å². The summed E-state index contributed by atoms with van der Waals surface area (Å²) in [4.78, 5) is 4.30. The van der Waals surface area contributed by atoms with E-state index >= 15 is 0 Å². The molecule has 0 saturated carbocycles. The molecular formula is C15H13Cl2NO. The van der Waals surface area contributed by atoms with E-state index in [4.69, 9.17) is 23.2 Å². The molecule has 1 atom stereocenters. The molecule has 0 bridgehead atoms. The van der Waals surface area contributed by atoms with Crippen molar-refractivity contribution in [1.29, 1.82) is 0 Å². The first kappa shape index (κ1) is 12.9. The van der Waals surface area contributed by atoms with Gasteiger partial charge in [0, 0.05) is 6.20 Å². The maximum atomic E-state index is 11.0. The maximum Gasteiger partial charge on any atom is 0.132 e. The number of hydrogen-bond donors (Lipinski definition) is 1. The summed E-state index contributed by atoms with van der Waals surface area (Å²) in [7, 11) is 0. The normalized spacial score (nSPS) is 22.1. The van der Waals surface area contributed by atoms with Gasteiger partial charge in [0.05, 0.1) is 15.7 Å². The van der Waals surface area contributed by atoms with Gasteiger partial charge >= 0.3 is 0 Å². The van der Waals surface area contributed by atoms with Gasteiger partial charge < -0.3 is 5.11 Å². The van der Waals surface area contributed by atoms with Crippen LogP contribution >= 0.6 is 23.2 Å². The Morgan fingerprint density at radius 3 is 2.68 bits per heavy atom. The van der Waals surface area contributed by atoms with E-state index in [1.807, 2.05) is 24.3 Å². The lowest BCUT2D eigenvalue weighted by Gasteiger charge is -2.34. The minimum absolute atomic E-state index is 0.469. The first-order chi connectivity index (χ1) is 9.11. The van der Waals surface area contributed by atoms with Gasteiger partial charge in [-0.25, -0.2) is 0 Å². The zero-order valence-corrected chi connectivity index (χ0v) is 11.7. The first-order valence-electron chi connectivity index (χ1n) is 6.23. The van der Waals surface area contributed by atoms with E-state index in [0.29, 0.717) is 22.2 Å². The summed E-state index contributed by atoms with van der Waals surface area (Å²) >= 11 is 12.2. The zero-order chi connectivity index (χ0) is 13.5. The Bertz CT molecular complexity index is 615. The van der Waals surface area contributed by atoms with Crippen LogP contribution in [0.5, 0.6) is 0 Å². The Hall–Kier alpha value is -1.09. The second kappa shape index (κ2) is 4.78. The van der Waals surface area contributed by atoms with Gasteiger partial charge in [0.15, 0.2) is 0 Å². The summed E-state index contributed by atoms with van der Waals surface area (Å²) in [6, 6.07) is 9.19. The number of pyridine rings is 1. The number of fused-ring (bicyclic) bond motifs is 1. The molecule has 0 radical (unpaired) electrons. The van der Waals surface area contributed by atoms with Crippen molar-refractivity contribution in [3.8, 4) is 0 Å². The average Bonchev–Trinajstić information content (AvgIpc) is 2.42. The summed E-state index contributed by atoms with van der Waals surface area (Å²) < 4.78 is 0. The Kier molecular flexibility index (Phi) is 3.25. The van der Waals surface area contributed by atoms with Crippen LogP contribution in [0, 0.1) is 0 Å². The molecule has 1 aliphatic carbocycles. The van der Waals surface area contributed by atoms with Crippen LogP contribution in [0.4, 0.5) is 0 Å². The zero-order valence-electron chi connectivity index (χ0n) is 10.2. The number of aliphatic hydroxyl groups is 1. The number of aryl methyl sites for hydroxylation is 1. The van der Waals surface area contributed by atoms with Crippen LogP contribution in [0.1, 0.15) is 29.7 Å². The van der Waals surface area contributed by atoms with E-state index in [2.05, 4.69) is 4.98 Å². The van der Waals surface area contributed by atoms with Gasteiger partial charge in [0.25, 0.3) is 0 Å². The van der Waals surface area contributed by atoms with E-state index in [9.17, 15) is 5.11 Å². The summed E-state index contributed by atoms with van der Waals surface area (Å²) in [5, 5.41) is 12.0. The smallest absolute Gasteiger partial charge is 0.132 e. The lowest BCUT2D eigenvalue weighted by Crippen LogP contribution is -2.32. The molecule has 1 aromatic carbocycles. The highest BCUT2D eigenvalue weighted by molar-refractivity contribution is 6.42. The van der Waals surface area contributed by atoms with Gasteiger partial charge in [-0.05, 0) is 54.7 Å². The standard InChI is InChI=1S/C15H13Cl2NO/c16-12-8-10-4-3-6-15(19,11(10)9-13(12)17)14-5-1-2-7-18-14/h1-2,5,7-9,19H,3-4,6H2. The molecular weight excluding hydrogens is 281 g/mol. The lowest BCUT2D eigenvalue weighted by molar-refractivity contribution is 0.0572. The molecule has 1 unspecified atom stereocenters. The predicted octanol–water partition coefficient (Wildman–Crippen LogP) is 3.96. The van der Waals surface area contributed by atoms with Crippen molar-refractivity contribution in [2.45, 2.75) is 24.9 Å². The molecule has 0 saturated heterocycles. The van der Waals surface area contributed by atoms with Gasteiger partial charge in [0.1, 0.15) is 5.60 Å². The Labute approximate surface area is 122 Å². The van der Waals surface area contributed by atoms with E-state index in [0.717, 1.165) is 24.0 Å². The van der Waals surface area contributed by atoms with Gasteiger partial charge in [-0.3, -0.25) is 4.98 Å². The van der Waals surface area contributed by atoms with Crippen LogP contribution in [-0.4, -0.2) is 10.1 Å². The highest BCUT2D eigenvalue weighted by Crippen LogP contribution is 2.42. The largest absolute Gasteiger partial charge is 0.379 e. The number of rotatable bonds is 1. The molecule has 2 aromatic rings. The number of benzene rings is 1. The first-order valence-corrected chi connectivity index (χ1v) is 6.99. The summed E-state index contributed by atoms with van der Waals surface area (Å²) in [6.45, 7) is 0. The highest BCUT2D eigenvalue weighted by Gasteiger charge is 2.37. The summed E-state index contributed by atoms with van der Waals surface area (Å²) in [5.74, 6) is 0. The van der Waals surface area contributed by atoms with Crippen molar-refractivity contribution in [2.24, 2.45) is 0 Å². The van der Waals surface area contributed by atoms with E-state index < -0.39 is 5.60 Å². The number of halogens is 2. The topological polar surface area (TPSA) is 33.1 Å². The minimum atomic E-state index is -1.07. The van der Waals surface area contributed by atoms with Gasteiger partial charge in [-0.2, -0.15) is 0 Å². The van der Waals surface area contributed by atoms with Crippen LogP contribution in [0.15, 0.2) is 36.5 Å². The molecule has 3 rings (SSSR count). The second-order valence-corrected chi connectivity index (χ2v) is 5.67. The van der Waals surface area contributed by atoms with E-state index in [-0.39, 0.29) is 0 Å². The fourth-order valence-corrected chi connectivity index (χ4v) is 3.07. The second-order valence-electron chi connectivity index (χ2n) is 4.85. The summed E-state index contributed by atoms with van der Waals surface area (Å²) in [6.07, 6.45) is 4.15. The van der Waals surface area contributed by atoms with Crippen molar-refractivity contribution >= 4 is 23.2 Å². The van der Waals surface area contributed by atoms with Gasteiger partial charge in [-0.1, -0.05) is 29.3 Å². The molecule has 1 N–H and O–H groups in total. The molecule has 1 aliphatic rings. The molecule has 19 heavy (non-hydrogen) atoms. The van der Waals surface area contributed by atoms with E-state index in [1.54, 1.807) is 12.3 Å². The third-order valence-electron chi connectivity index (χ3n) is 3.67. The molecule has 1 aromatic heterocycles. The van der Waals surface area contributed by atoms with Crippen LogP contribution < -0.4 is 0 Å². The van der Waals surface area contributed by atoms with Crippen molar-refractivity contribution in [2.75, 3.05) is 0 Å². The van der Waals surface area contributed by atoms with E-state index in [1.165, 1.54) is 0 Å². The Morgan fingerprint density at radius 2 is 1.95 bits per heavy atom. The molecule has 0 aliphatic heterocycles. The van der Waals surface area contributed by atoms with Gasteiger partial charge in [0.2, 0.25) is 0 Å². The quantitative estimate of drug-likeness (QED) is 0.863. The van der Waals surface area contributed by atoms with Crippen LogP contribution in [-0.2, 0) is 12.0 Å². The van der Waals surface area contributed by atoms with Crippen LogP contribution in [0.25, 0.3) is 0 Å². The number of aromatic nitrogens is 1. The third-order valence-corrected chi connectivity index (χ3v) is 4.39. The van der Waals surface area contributed by atoms with Crippen LogP contribution in [0.2, 0.25) is 10.0 Å². The molecule has 98 valence electrons. The van der Waals surface area contributed by atoms with Crippen molar-refractivity contribution in [3.05, 3.63) is 63.4 Å². The Balaban J connectivity index is 2.19. The number of hydrogen-bond acceptors (Lipinski definition) is 2. The Morgan fingerprint density at radius 1 is 1.16 bits per heavy atom. The molecule has 4 heteroatoms. The molecule has 0 fully saturated rings. The molecule has 2 nitrogen and oxygen atoms in total. The van der Waals surface area contributed by atoms with Crippen molar-refractivity contribution < 1.29 is 5.11 Å². The number of nitrogens with zero attached hydrogens (tertiary/aromatic N) is 1. The van der Waals surface area contributed by atoms with Gasteiger partial charge in [-0.15, -0.1) is 0 Å². The SMILES string of the molecule is OC1(c2ccccn2)CCCc2cc(Cl)c(Cl)cc21. The highest BCUT2D eigenvalue weighted by atomic mass is 35.5. The molecule has 0 spiro atoms. The van der Waals surface area contributed by atoms with Crippen LogP contribution in [0.3, 0.4) is 0 Å². The third kappa shape index (κ3) is 2.14. The molecule has 0 amide bonds. The summed E-state index contributed by atoms with van der Waals surface area (Å²) in [5.41, 5.74) is 1.47. The van der Waals surface area contributed by atoms with Crippen molar-refractivity contribution in [1.82, 2.24) is 4.98 Å². The predicted molar refractivity (Wildman–Crippen MR) is 76.6 cm³/mol. The molecule has 1 heterocycles. The monoisotopic (exact) mass is 293 g/mol. The fourth-order valence-electron chi connectivity index (χ4n) is 2.72. The average molecular weight is 294 g/mol. The maximum absolute atomic E-state index is 11.0.